The van der Waals surface area contributed by atoms with E-state index >= 15 is 0 Å². The van der Waals surface area contributed by atoms with Crippen molar-refractivity contribution in [2.24, 2.45) is 4.99 Å². The second kappa shape index (κ2) is 13.1. The lowest BCUT2D eigenvalue weighted by Gasteiger charge is -2.26. The highest BCUT2D eigenvalue weighted by Gasteiger charge is 2.30. The number of phenolic OH excluding ortho intramolecular Hbond substituents is 2. The van der Waals surface area contributed by atoms with Crippen LogP contribution in [0, 0.1) is 0 Å². The van der Waals surface area contributed by atoms with Gasteiger partial charge >= 0.3 is 6.18 Å². The first-order valence-corrected chi connectivity index (χ1v) is 12.4. The van der Waals surface area contributed by atoms with E-state index in [9.17, 15) is 23.4 Å². The molecule has 0 saturated carbocycles. The Labute approximate surface area is 225 Å². The average Bonchev–Trinajstić information content (AvgIpc) is 2.87. The molecule has 2 N–H and O–H groups in total. The minimum absolute atomic E-state index is 0. The first kappa shape index (κ1) is 28.7. The molecule has 4 rings (SSSR count). The SMILES string of the molecule is C.Oc1cccc(CCN(Cc2cccc(O)c2)C(=Nc2ccc(C(F)(F)F)cc2)Sc2ccccc2)c1. The van der Waals surface area contributed by atoms with Crippen molar-refractivity contribution in [3.8, 4) is 11.5 Å². The van der Waals surface area contributed by atoms with Crippen LogP contribution in [0.2, 0.25) is 0 Å². The first-order valence-electron chi connectivity index (χ1n) is 11.6. The minimum atomic E-state index is -4.42. The van der Waals surface area contributed by atoms with Crippen molar-refractivity contribution in [3.05, 3.63) is 120 Å². The lowest BCUT2D eigenvalue weighted by atomic mass is 10.1. The number of hydrogen-bond acceptors (Lipinski definition) is 4. The Balaban J connectivity index is 0.00000400. The highest BCUT2D eigenvalue weighted by Crippen LogP contribution is 2.32. The number of amidine groups is 1. The zero-order chi connectivity index (χ0) is 26.3. The molecule has 4 aromatic rings. The molecule has 0 radical (unpaired) electrons. The summed E-state index contributed by atoms with van der Waals surface area (Å²) in [6, 6.07) is 28.3. The Morgan fingerprint density at radius 3 is 1.97 bits per heavy atom. The molecule has 4 nitrogen and oxygen atoms in total. The van der Waals surface area contributed by atoms with Gasteiger partial charge in [-0.15, -0.1) is 0 Å². The lowest BCUT2D eigenvalue weighted by Crippen LogP contribution is -2.30. The molecule has 198 valence electrons. The van der Waals surface area contributed by atoms with Crippen LogP contribution < -0.4 is 0 Å². The number of phenols is 2. The van der Waals surface area contributed by atoms with E-state index in [2.05, 4.69) is 0 Å². The Morgan fingerprint density at radius 1 is 0.763 bits per heavy atom. The van der Waals surface area contributed by atoms with E-state index in [0.29, 0.717) is 30.4 Å². The monoisotopic (exact) mass is 538 g/mol. The summed E-state index contributed by atoms with van der Waals surface area (Å²) in [6.07, 6.45) is -3.83. The van der Waals surface area contributed by atoms with Crippen molar-refractivity contribution in [3.63, 3.8) is 0 Å². The second-order valence-corrected chi connectivity index (χ2v) is 9.41. The lowest BCUT2D eigenvalue weighted by molar-refractivity contribution is -0.137. The molecule has 0 fully saturated rings. The molecule has 0 bridgehead atoms. The van der Waals surface area contributed by atoms with Crippen LogP contribution in [0.1, 0.15) is 24.1 Å². The Morgan fingerprint density at radius 2 is 1.37 bits per heavy atom. The highest BCUT2D eigenvalue weighted by atomic mass is 32.2. The molecular formula is C30H29F3N2O2S. The topological polar surface area (TPSA) is 56.1 Å². The predicted molar refractivity (Wildman–Crippen MR) is 148 cm³/mol. The van der Waals surface area contributed by atoms with E-state index in [-0.39, 0.29) is 18.9 Å². The molecular weight excluding hydrogens is 509 g/mol. The molecule has 0 aliphatic rings. The standard InChI is InChI=1S/C29H25F3N2O2S.CH4/c30-29(31,32)23-12-14-24(15-13-23)33-28(37-27-10-2-1-3-11-27)34(20-22-7-5-9-26(36)19-22)17-16-21-6-4-8-25(35)18-21;/h1-15,18-19,35-36H,16-17,20H2;1H4. The summed E-state index contributed by atoms with van der Waals surface area (Å²) in [5, 5.41) is 20.5. The van der Waals surface area contributed by atoms with Crippen LogP contribution in [0.4, 0.5) is 18.9 Å². The van der Waals surface area contributed by atoms with Gasteiger partial charge in [0.05, 0.1) is 11.3 Å². The molecule has 0 amide bonds. The zero-order valence-electron chi connectivity index (χ0n) is 19.8. The number of halogens is 3. The van der Waals surface area contributed by atoms with Gasteiger partial charge in [0.2, 0.25) is 0 Å². The van der Waals surface area contributed by atoms with Crippen molar-refractivity contribution in [1.82, 2.24) is 4.90 Å². The third kappa shape index (κ3) is 8.31. The molecule has 0 saturated heterocycles. The van der Waals surface area contributed by atoms with Crippen LogP contribution in [-0.4, -0.2) is 26.8 Å². The maximum atomic E-state index is 13.1. The summed E-state index contributed by atoms with van der Waals surface area (Å²) in [4.78, 5) is 7.70. The quantitative estimate of drug-likeness (QED) is 0.141. The Hall–Kier alpha value is -3.91. The number of benzene rings is 4. The van der Waals surface area contributed by atoms with E-state index in [1.165, 1.54) is 23.9 Å². The number of hydrogen-bond donors (Lipinski definition) is 2. The van der Waals surface area contributed by atoms with Crippen LogP contribution in [-0.2, 0) is 19.1 Å². The molecule has 8 heteroatoms. The number of thioether (sulfide) groups is 1. The summed E-state index contributed by atoms with van der Waals surface area (Å²) in [7, 11) is 0. The molecule has 0 spiro atoms. The van der Waals surface area contributed by atoms with Crippen LogP contribution in [0.5, 0.6) is 11.5 Å². The Bertz CT molecular complexity index is 1340. The van der Waals surface area contributed by atoms with Gasteiger partial charge in [0.1, 0.15) is 11.5 Å². The van der Waals surface area contributed by atoms with Gasteiger partial charge in [-0.05, 0) is 78.2 Å². The molecule has 0 aliphatic heterocycles. The van der Waals surface area contributed by atoms with Gasteiger partial charge in [-0.3, -0.25) is 0 Å². The molecule has 0 aliphatic carbocycles. The van der Waals surface area contributed by atoms with E-state index in [4.69, 9.17) is 4.99 Å². The third-order valence-corrected chi connectivity index (χ3v) is 6.55. The van der Waals surface area contributed by atoms with E-state index in [1.54, 1.807) is 36.4 Å². The molecule has 0 unspecified atom stereocenters. The summed E-state index contributed by atoms with van der Waals surface area (Å²) >= 11 is 1.40. The molecule has 0 atom stereocenters. The predicted octanol–water partition coefficient (Wildman–Crippen LogP) is 8.28. The van der Waals surface area contributed by atoms with Gasteiger partial charge in [-0.25, -0.2) is 4.99 Å². The van der Waals surface area contributed by atoms with Crippen molar-refractivity contribution in [1.29, 1.82) is 0 Å². The van der Waals surface area contributed by atoms with Gasteiger partial charge in [-0.2, -0.15) is 13.2 Å². The first-order chi connectivity index (χ1) is 17.8. The van der Waals surface area contributed by atoms with Crippen LogP contribution in [0.3, 0.4) is 0 Å². The minimum Gasteiger partial charge on any atom is -0.508 e. The maximum absolute atomic E-state index is 13.1. The van der Waals surface area contributed by atoms with Crippen LogP contribution in [0.15, 0.2) is 113 Å². The number of rotatable bonds is 7. The number of aromatic hydroxyl groups is 2. The maximum Gasteiger partial charge on any atom is 0.416 e. The molecule has 38 heavy (non-hydrogen) atoms. The van der Waals surface area contributed by atoms with Crippen molar-refractivity contribution in [2.45, 2.75) is 31.5 Å². The van der Waals surface area contributed by atoms with Gasteiger partial charge < -0.3 is 15.1 Å². The third-order valence-electron chi connectivity index (χ3n) is 5.51. The normalized spacial score (nSPS) is 11.6. The number of aliphatic imine (C=N–C) groups is 1. The van der Waals surface area contributed by atoms with E-state index in [1.807, 2.05) is 47.4 Å². The number of nitrogens with zero attached hydrogens (tertiary/aromatic N) is 2. The van der Waals surface area contributed by atoms with E-state index < -0.39 is 11.7 Å². The number of alkyl halides is 3. The second-order valence-electron chi connectivity index (χ2n) is 8.37. The summed E-state index contributed by atoms with van der Waals surface area (Å²) in [5.41, 5.74) is 1.44. The largest absolute Gasteiger partial charge is 0.508 e. The van der Waals surface area contributed by atoms with Crippen molar-refractivity contribution < 1.29 is 23.4 Å². The fourth-order valence-electron chi connectivity index (χ4n) is 3.68. The van der Waals surface area contributed by atoms with E-state index in [0.717, 1.165) is 28.2 Å². The van der Waals surface area contributed by atoms with Crippen LogP contribution >= 0.6 is 11.8 Å². The van der Waals surface area contributed by atoms with Gasteiger partial charge in [0, 0.05) is 18.0 Å². The fourth-order valence-corrected chi connectivity index (χ4v) is 4.62. The Kier molecular flexibility index (Phi) is 9.85. The average molecular weight is 539 g/mol. The van der Waals surface area contributed by atoms with Gasteiger partial charge in [-0.1, -0.05) is 61.7 Å². The molecule has 4 aromatic carbocycles. The zero-order valence-corrected chi connectivity index (χ0v) is 20.6. The highest BCUT2D eigenvalue weighted by molar-refractivity contribution is 8.13. The smallest absolute Gasteiger partial charge is 0.416 e. The molecule has 0 heterocycles. The van der Waals surface area contributed by atoms with Crippen molar-refractivity contribution >= 4 is 22.6 Å². The summed E-state index contributed by atoms with van der Waals surface area (Å²) < 4.78 is 39.2. The summed E-state index contributed by atoms with van der Waals surface area (Å²) in [6.45, 7) is 0.922. The summed E-state index contributed by atoms with van der Waals surface area (Å²) in [5.74, 6) is 0.316. The van der Waals surface area contributed by atoms with Gasteiger partial charge in [0.15, 0.2) is 5.17 Å². The van der Waals surface area contributed by atoms with Crippen LogP contribution in [0.25, 0.3) is 0 Å². The van der Waals surface area contributed by atoms with Crippen molar-refractivity contribution in [2.75, 3.05) is 6.54 Å². The molecule has 0 aromatic heterocycles. The fraction of sp³-hybridized carbons (Fsp3) is 0.167. The van der Waals surface area contributed by atoms with Gasteiger partial charge in [0.25, 0.3) is 0 Å².